The lowest BCUT2D eigenvalue weighted by Crippen LogP contribution is -2.29. The van der Waals surface area contributed by atoms with Crippen LogP contribution in [0.4, 0.5) is 5.13 Å². The van der Waals surface area contributed by atoms with Crippen LogP contribution < -0.4 is 9.64 Å². The quantitative estimate of drug-likeness (QED) is 0.0684. The molecule has 0 bridgehead atoms. The highest BCUT2D eigenvalue weighted by atomic mass is 32.2. The number of nitrogens with zero attached hydrogens (tertiary/aromatic N) is 5. The molecular weight excluding hydrogens is 611 g/mol. The molecule has 0 aliphatic carbocycles. The summed E-state index contributed by atoms with van der Waals surface area (Å²) in [6.45, 7) is 1.72. The number of carbonyl (C=O) groups excluding carboxylic acids is 2. The van der Waals surface area contributed by atoms with E-state index >= 15 is 0 Å². The van der Waals surface area contributed by atoms with Crippen LogP contribution in [0.25, 0.3) is 22.2 Å². The number of aliphatic hydroxyl groups excluding tert-OH is 1. The molecule has 12 heteroatoms. The number of hydrogen-bond acceptors (Lipinski definition) is 10. The Morgan fingerprint density at radius 3 is 2.67 bits per heavy atom. The summed E-state index contributed by atoms with van der Waals surface area (Å²) in [6.07, 6.45) is 1.73. The number of carbonyl (C=O) groups is 2. The molecule has 3 aromatic carbocycles. The standard InChI is InChI=1S/C33H25N5O5S2/c1-18-27(37-15-6-5-12-25(37)34-18)29(40)26-28(20-13-14-23(39)24(16-20)43-2)38(31(42)30(26)41)32-35-36-33(45-32)44-17-21-10-7-9-19-8-3-4-11-22(19)21/h3-16,28,39-40H,17H2,1-2H3/b29-26+. The number of aromatic nitrogens is 4. The van der Waals surface area contributed by atoms with E-state index in [0.717, 1.165) is 16.3 Å². The Kier molecular flexibility index (Phi) is 7.22. The van der Waals surface area contributed by atoms with Gasteiger partial charge in [-0.3, -0.25) is 18.9 Å². The average molecular weight is 636 g/mol. The van der Waals surface area contributed by atoms with Crippen LogP contribution in [-0.4, -0.2) is 48.6 Å². The van der Waals surface area contributed by atoms with Crippen LogP contribution in [0.15, 0.2) is 95.0 Å². The van der Waals surface area contributed by atoms with Gasteiger partial charge in [0.25, 0.3) is 5.78 Å². The number of fused-ring (bicyclic) bond motifs is 2. The van der Waals surface area contributed by atoms with E-state index in [2.05, 4.69) is 39.4 Å². The van der Waals surface area contributed by atoms with E-state index in [9.17, 15) is 19.8 Å². The number of anilines is 1. The monoisotopic (exact) mass is 635 g/mol. The number of hydrogen-bond donors (Lipinski definition) is 2. The molecule has 2 N–H and O–H groups in total. The number of ether oxygens (including phenoxy) is 1. The molecule has 0 spiro atoms. The lowest BCUT2D eigenvalue weighted by Gasteiger charge is -2.23. The minimum Gasteiger partial charge on any atom is -0.505 e. The van der Waals surface area contributed by atoms with Gasteiger partial charge in [-0.2, -0.15) is 0 Å². The second-order valence-electron chi connectivity index (χ2n) is 10.4. The molecule has 1 fully saturated rings. The van der Waals surface area contributed by atoms with Crippen LogP contribution in [-0.2, 0) is 15.3 Å². The molecule has 1 aliphatic rings. The molecule has 4 heterocycles. The van der Waals surface area contributed by atoms with Gasteiger partial charge in [-0.25, -0.2) is 4.98 Å². The zero-order valence-corrected chi connectivity index (χ0v) is 25.7. The summed E-state index contributed by atoms with van der Waals surface area (Å²) in [4.78, 5) is 33.3. The Hall–Kier alpha value is -5.20. The molecule has 224 valence electrons. The number of pyridine rings is 1. The highest BCUT2D eigenvalue weighted by molar-refractivity contribution is 8.00. The maximum Gasteiger partial charge on any atom is 0.301 e. The predicted octanol–water partition coefficient (Wildman–Crippen LogP) is 6.28. The van der Waals surface area contributed by atoms with Crippen LogP contribution in [0.5, 0.6) is 11.5 Å². The average Bonchev–Trinajstić information content (AvgIpc) is 3.73. The summed E-state index contributed by atoms with van der Waals surface area (Å²) in [6, 6.07) is 23.1. The fourth-order valence-corrected chi connectivity index (χ4v) is 7.52. The maximum absolute atomic E-state index is 13.8. The molecule has 0 radical (unpaired) electrons. The topological polar surface area (TPSA) is 130 Å². The summed E-state index contributed by atoms with van der Waals surface area (Å²) >= 11 is 2.66. The first-order valence-corrected chi connectivity index (χ1v) is 15.7. The second kappa shape index (κ2) is 11.4. The molecule has 1 amide bonds. The molecule has 10 nitrogen and oxygen atoms in total. The van der Waals surface area contributed by atoms with Crippen molar-refractivity contribution in [3.8, 4) is 11.5 Å². The van der Waals surface area contributed by atoms with Crippen molar-refractivity contribution in [3.05, 3.63) is 113 Å². The maximum atomic E-state index is 13.8. The zero-order valence-electron chi connectivity index (χ0n) is 24.0. The predicted molar refractivity (Wildman–Crippen MR) is 173 cm³/mol. The van der Waals surface area contributed by atoms with Gasteiger partial charge in [0, 0.05) is 11.9 Å². The van der Waals surface area contributed by atoms with Crippen molar-refractivity contribution in [2.75, 3.05) is 12.0 Å². The Morgan fingerprint density at radius 1 is 1.02 bits per heavy atom. The normalized spacial score (nSPS) is 16.2. The SMILES string of the molecule is COc1cc(C2/C(=C(\O)c3c(C)nc4ccccn34)C(=O)C(=O)N2c2nnc(SCc3cccc4ccccc34)s2)ccc1O. The van der Waals surface area contributed by atoms with Gasteiger partial charge in [-0.1, -0.05) is 77.7 Å². The van der Waals surface area contributed by atoms with E-state index in [1.807, 2.05) is 24.3 Å². The van der Waals surface area contributed by atoms with Gasteiger partial charge >= 0.3 is 5.91 Å². The number of thioether (sulfide) groups is 1. The first kappa shape index (κ1) is 28.6. The van der Waals surface area contributed by atoms with E-state index < -0.39 is 17.7 Å². The van der Waals surface area contributed by atoms with E-state index in [4.69, 9.17) is 4.74 Å². The van der Waals surface area contributed by atoms with E-state index in [-0.39, 0.29) is 28.0 Å². The summed E-state index contributed by atoms with van der Waals surface area (Å²) < 4.78 is 7.61. The number of aliphatic hydroxyl groups is 1. The Bertz CT molecular complexity index is 2170. The minimum absolute atomic E-state index is 0.112. The van der Waals surface area contributed by atoms with Crippen molar-refractivity contribution in [2.24, 2.45) is 0 Å². The van der Waals surface area contributed by atoms with Crippen LogP contribution >= 0.6 is 23.1 Å². The summed E-state index contributed by atoms with van der Waals surface area (Å²) in [5, 5.41) is 33.2. The lowest BCUT2D eigenvalue weighted by atomic mass is 9.96. The van der Waals surface area contributed by atoms with E-state index in [1.54, 1.807) is 35.7 Å². The number of ketones is 1. The van der Waals surface area contributed by atoms with Crippen LogP contribution in [0.2, 0.25) is 0 Å². The van der Waals surface area contributed by atoms with Gasteiger partial charge in [0.1, 0.15) is 11.3 Å². The molecule has 1 unspecified atom stereocenters. The summed E-state index contributed by atoms with van der Waals surface area (Å²) in [5.74, 6) is -1.46. The number of benzene rings is 3. The molecule has 7 rings (SSSR count). The van der Waals surface area contributed by atoms with Crippen LogP contribution in [0, 0.1) is 6.92 Å². The largest absolute Gasteiger partial charge is 0.505 e. The third-order valence-corrected chi connectivity index (χ3v) is 9.83. The van der Waals surface area contributed by atoms with Gasteiger partial charge in [0.05, 0.1) is 24.4 Å². The lowest BCUT2D eigenvalue weighted by molar-refractivity contribution is -0.132. The van der Waals surface area contributed by atoms with Gasteiger partial charge < -0.3 is 14.9 Å². The Morgan fingerprint density at radius 2 is 1.82 bits per heavy atom. The second-order valence-corrected chi connectivity index (χ2v) is 12.5. The number of methoxy groups -OCH3 is 1. The Labute approximate surface area is 265 Å². The smallest absolute Gasteiger partial charge is 0.301 e. The van der Waals surface area contributed by atoms with Crippen molar-refractivity contribution in [1.29, 1.82) is 0 Å². The van der Waals surface area contributed by atoms with Crippen molar-refractivity contribution >= 4 is 62.1 Å². The highest BCUT2D eigenvalue weighted by Gasteiger charge is 2.49. The van der Waals surface area contributed by atoms with Crippen molar-refractivity contribution in [3.63, 3.8) is 0 Å². The number of aryl methyl sites for hydroxylation is 1. The number of Topliss-reactive ketones (excluding diaryl/α,β-unsaturated/α-hetero) is 1. The molecule has 0 saturated carbocycles. The third-order valence-electron chi connectivity index (χ3n) is 7.73. The molecule has 1 atom stereocenters. The minimum atomic E-state index is -1.09. The number of amides is 1. The first-order valence-electron chi connectivity index (χ1n) is 13.9. The fraction of sp³-hybridized carbons (Fsp3) is 0.121. The molecular formula is C33H25N5O5S2. The number of aromatic hydroxyl groups is 1. The van der Waals surface area contributed by atoms with Crippen molar-refractivity contribution in [1.82, 2.24) is 19.6 Å². The van der Waals surface area contributed by atoms with Crippen LogP contribution in [0.1, 0.15) is 28.6 Å². The van der Waals surface area contributed by atoms with Gasteiger partial charge in [-0.05, 0) is 53.1 Å². The molecule has 45 heavy (non-hydrogen) atoms. The number of rotatable bonds is 7. The number of phenols is 1. The van der Waals surface area contributed by atoms with E-state index in [0.29, 0.717) is 32.7 Å². The van der Waals surface area contributed by atoms with Gasteiger partial charge in [0.2, 0.25) is 5.13 Å². The highest BCUT2D eigenvalue weighted by Crippen LogP contribution is 2.46. The molecule has 3 aromatic heterocycles. The summed E-state index contributed by atoms with van der Waals surface area (Å²) in [7, 11) is 1.40. The molecule has 1 aliphatic heterocycles. The fourth-order valence-electron chi connectivity index (χ4n) is 5.65. The van der Waals surface area contributed by atoms with Gasteiger partial charge in [-0.15, -0.1) is 10.2 Å². The Balaban J connectivity index is 1.31. The van der Waals surface area contributed by atoms with Crippen molar-refractivity contribution < 1.29 is 24.5 Å². The van der Waals surface area contributed by atoms with E-state index in [1.165, 1.54) is 47.2 Å². The van der Waals surface area contributed by atoms with Gasteiger partial charge in [0.15, 0.2) is 21.6 Å². The molecule has 6 aromatic rings. The first-order chi connectivity index (χ1) is 21.9. The zero-order chi connectivity index (χ0) is 31.2. The number of imidazole rings is 1. The summed E-state index contributed by atoms with van der Waals surface area (Å²) in [5.41, 5.74) is 2.78. The van der Waals surface area contributed by atoms with Crippen LogP contribution in [0.3, 0.4) is 0 Å². The third kappa shape index (κ3) is 4.88. The molecule has 1 saturated heterocycles. The number of phenolic OH excluding ortho intramolecular Hbond substituents is 1. The van der Waals surface area contributed by atoms with Crippen molar-refractivity contribution in [2.45, 2.75) is 23.1 Å².